The maximum absolute atomic E-state index is 2.29. The van der Waals surface area contributed by atoms with Gasteiger partial charge in [-0.25, -0.2) is 0 Å². The summed E-state index contributed by atoms with van der Waals surface area (Å²) in [5.74, 6) is 2.74. The van der Waals surface area contributed by atoms with Gasteiger partial charge in [-0.2, -0.15) is 0 Å². The van der Waals surface area contributed by atoms with Gasteiger partial charge in [0.1, 0.15) is 0 Å². The van der Waals surface area contributed by atoms with Crippen molar-refractivity contribution in [2.45, 2.75) is 97.3 Å². The van der Waals surface area contributed by atoms with E-state index in [0.717, 1.165) is 0 Å². The third-order valence-corrected chi connectivity index (χ3v) is 6.07. The molecular formula is C17H36S2. The summed E-state index contributed by atoms with van der Waals surface area (Å²) in [5, 5.41) is 0. The summed E-state index contributed by atoms with van der Waals surface area (Å²) in [6, 6.07) is 0. The molecule has 2 heteroatoms. The largest absolute Gasteiger partial charge is 0.0942 e. The molecule has 0 fully saturated rings. The van der Waals surface area contributed by atoms with Crippen molar-refractivity contribution in [1.29, 1.82) is 0 Å². The van der Waals surface area contributed by atoms with Crippen LogP contribution in [0, 0.1) is 0 Å². The van der Waals surface area contributed by atoms with Crippen molar-refractivity contribution in [3.63, 3.8) is 0 Å². The van der Waals surface area contributed by atoms with Crippen LogP contribution in [0.25, 0.3) is 0 Å². The van der Waals surface area contributed by atoms with Crippen LogP contribution in [0.4, 0.5) is 0 Å². The average molecular weight is 305 g/mol. The fourth-order valence-electron chi connectivity index (χ4n) is 2.18. The van der Waals surface area contributed by atoms with E-state index in [-0.39, 0.29) is 0 Å². The third-order valence-electron chi connectivity index (χ3n) is 3.50. The average Bonchev–Trinajstić information content (AvgIpc) is 2.43. The van der Waals surface area contributed by atoms with E-state index in [4.69, 9.17) is 0 Å². The summed E-state index contributed by atoms with van der Waals surface area (Å²) in [4.78, 5) is 0. The van der Waals surface area contributed by atoms with Crippen molar-refractivity contribution >= 4 is 21.6 Å². The number of hydrogen-bond donors (Lipinski definition) is 0. The molecule has 0 spiro atoms. The molecule has 0 bridgehead atoms. The second kappa shape index (κ2) is 18.7. The van der Waals surface area contributed by atoms with Gasteiger partial charge in [0.05, 0.1) is 0 Å². The molecule has 0 aromatic rings. The predicted molar refractivity (Wildman–Crippen MR) is 96.3 cm³/mol. The second-order valence-corrected chi connectivity index (χ2v) is 8.24. The Morgan fingerprint density at radius 2 is 0.737 bits per heavy atom. The molecule has 0 aromatic carbocycles. The first-order valence-corrected chi connectivity index (χ1v) is 11.1. The zero-order chi connectivity index (χ0) is 14.0. The predicted octanol–water partition coefficient (Wildman–Crippen LogP) is 7.48. The second-order valence-electron chi connectivity index (χ2n) is 5.53. The Hall–Kier alpha value is 0.700. The van der Waals surface area contributed by atoms with Crippen LogP contribution in [-0.2, 0) is 0 Å². The van der Waals surface area contributed by atoms with E-state index in [0.29, 0.717) is 0 Å². The summed E-state index contributed by atoms with van der Waals surface area (Å²) in [6.07, 6.45) is 18.6. The number of hydrogen-bond acceptors (Lipinski definition) is 2. The lowest BCUT2D eigenvalue weighted by Gasteiger charge is -2.02. The molecule has 0 heterocycles. The van der Waals surface area contributed by atoms with Crippen molar-refractivity contribution < 1.29 is 0 Å². The van der Waals surface area contributed by atoms with Gasteiger partial charge in [0.15, 0.2) is 0 Å². The van der Waals surface area contributed by atoms with Crippen LogP contribution in [0.15, 0.2) is 0 Å². The molecule has 0 radical (unpaired) electrons. The van der Waals surface area contributed by atoms with Crippen LogP contribution < -0.4 is 0 Å². The van der Waals surface area contributed by atoms with Crippen molar-refractivity contribution in [2.24, 2.45) is 0 Å². The van der Waals surface area contributed by atoms with Crippen LogP contribution in [0.2, 0.25) is 0 Å². The highest BCUT2D eigenvalue weighted by Crippen LogP contribution is 2.24. The Morgan fingerprint density at radius 3 is 1.11 bits per heavy atom. The Bertz CT molecular complexity index is 132. The SMILES string of the molecule is CCCCCCCCCCSSCCCCCCC. The Labute approximate surface area is 130 Å². The van der Waals surface area contributed by atoms with Gasteiger partial charge in [-0.05, 0) is 12.8 Å². The van der Waals surface area contributed by atoms with E-state index in [2.05, 4.69) is 35.4 Å². The molecule has 0 aromatic heterocycles. The van der Waals surface area contributed by atoms with E-state index in [9.17, 15) is 0 Å². The van der Waals surface area contributed by atoms with E-state index in [1.807, 2.05) is 0 Å². The molecule has 0 amide bonds. The molecule has 0 rings (SSSR count). The lowest BCUT2D eigenvalue weighted by Crippen LogP contribution is -1.83. The van der Waals surface area contributed by atoms with Crippen molar-refractivity contribution in [2.75, 3.05) is 11.5 Å². The minimum atomic E-state index is 1.36. The molecule has 0 atom stereocenters. The molecule has 0 N–H and O–H groups in total. The maximum atomic E-state index is 2.29. The molecule has 0 nitrogen and oxygen atoms in total. The molecule has 0 saturated carbocycles. The maximum Gasteiger partial charge on any atom is 0.00369 e. The smallest absolute Gasteiger partial charge is 0.00369 e. The number of rotatable bonds is 16. The molecule has 116 valence electrons. The molecule has 0 aliphatic carbocycles. The van der Waals surface area contributed by atoms with Crippen molar-refractivity contribution in [3.8, 4) is 0 Å². The summed E-state index contributed by atoms with van der Waals surface area (Å²) >= 11 is 0. The fraction of sp³-hybridized carbons (Fsp3) is 1.00. The first-order chi connectivity index (χ1) is 9.41. The first kappa shape index (κ1) is 19.7. The lowest BCUT2D eigenvalue weighted by atomic mass is 10.1. The topological polar surface area (TPSA) is 0 Å². The summed E-state index contributed by atoms with van der Waals surface area (Å²) in [7, 11) is 4.21. The van der Waals surface area contributed by atoms with Gasteiger partial charge < -0.3 is 0 Å². The van der Waals surface area contributed by atoms with Crippen LogP contribution in [0.5, 0.6) is 0 Å². The van der Waals surface area contributed by atoms with Gasteiger partial charge in [0.25, 0.3) is 0 Å². The zero-order valence-electron chi connectivity index (χ0n) is 13.4. The third kappa shape index (κ3) is 18.7. The van der Waals surface area contributed by atoms with E-state index in [1.165, 1.54) is 95.0 Å². The van der Waals surface area contributed by atoms with Gasteiger partial charge >= 0.3 is 0 Å². The van der Waals surface area contributed by atoms with E-state index >= 15 is 0 Å². The molecule has 0 aliphatic rings. The Morgan fingerprint density at radius 1 is 0.421 bits per heavy atom. The minimum absolute atomic E-state index is 1.36. The summed E-state index contributed by atoms with van der Waals surface area (Å²) < 4.78 is 0. The van der Waals surface area contributed by atoms with E-state index < -0.39 is 0 Å². The summed E-state index contributed by atoms with van der Waals surface area (Å²) in [5.41, 5.74) is 0. The monoisotopic (exact) mass is 304 g/mol. The highest BCUT2D eigenvalue weighted by Gasteiger charge is 1.94. The highest BCUT2D eigenvalue weighted by atomic mass is 33.1. The van der Waals surface area contributed by atoms with Gasteiger partial charge in [0.2, 0.25) is 0 Å². The van der Waals surface area contributed by atoms with Gasteiger partial charge in [-0.1, -0.05) is 106 Å². The van der Waals surface area contributed by atoms with Gasteiger partial charge in [-0.15, -0.1) is 0 Å². The Kier molecular flexibility index (Phi) is 19.4. The van der Waals surface area contributed by atoms with Crippen LogP contribution in [0.1, 0.15) is 97.3 Å². The molecule has 0 saturated heterocycles. The molecule has 0 unspecified atom stereocenters. The van der Waals surface area contributed by atoms with Gasteiger partial charge in [0, 0.05) is 11.5 Å². The normalized spacial score (nSPS) is 11.1. The minimum Gasteiger partial charge on any atom is -0.0942 e. The first-order valence-electron chi connectivity index (χ1n) is 8.66. The molecule has 0 aliphatic heterocycles. The standard InChI is InChI=1S/C17H36S2/c1-3-5-7-9-10-11-13-15-17-19-18-16-14-12-8-6-4-2/h3-17H2,1-2H3. The lowest BCUT2D eigenvalue weighted by molar-refractivity contribution is 0.586. The fourth-order valence-corrected chi connectivity index (χ4v) is 4.47. The summed E-state index contributed by atoms with van der Waals surface area (Å²) in [6.45, 7) is 4.58. The van der Waals surface area contributed by atoms with Crippen molar-refractivity contribution in [3.05, 3.63) is 0 Å². The zero-order valence-corrected chi connectivity index (χ0v) is 15.1. The molecule has 19 heavy (non-hydrogen) atoms. The number of unbranched alkanes of at least 4 members (excludes halogenated alkanes) is 11. The van der Waals surface area contributed by atoms with Crippen LogP contribution >= 0.6 is 21.6 Å². The van der Waals surface area contributed by atoms with Gasteiger partial charge in [-0.3, -0.25) is 0 Å². The van der Waals surface area contributed by atoms with Crippen LogP contribution in [-0.4, -0.2) is 11.5 Å². The Balaban J connectivity index is 2.88. The van der Waals surface area contributed by atoms with Crippen molar-refractivity contribution in [1.82, 2.24) is 0 Å². The highest BCUT2D eigenvalue weighted by molar-refractivity contribution is 8.76. The quantitative estimate of drug-likeness (QED) is 0.214. The van der Waals surface area contributed by atoms with E-state index in [1.54, 1.807) is 0 Å². The molecular weight excluding hydrogens is 268 g/mol. The van der Waals surface area contributed by atoms with Crippen LogP contribution in [0.3, 0.4) is 0 Å².